The molecule has 0 spiro atoms. The molecule has 0 atom stereocenters. The van der Waals surface area contributed by atoms with Crippen LogP contribution >= 0.6 is 0 Å². The number of aromatic nitrogens is 2. The Kier molecular flexibility index (Phi) is 2.61. The fourth-order valence-corrected chi connectivity index (χ4v) is 1.45. The molecule has 1 aromatic heterocycles. The molecule has 0 aliphatic heterocycles. The second kappa shape index (κ2) is 4.07. The minimum absolute atomic E-state index is 0.621. The van der Waals surface area contributed by atoms with E-state index in [1.54, 1.807) is 10.7 Å². The Morgan fingerprint density at radius 3 is 2.62 bits per heavy atom. The monoisotopic (exact) mass is 212 g/mol. The summed E-state index contributed by atoms with van der Waals surface area (Å²) < 4.78 is 1.72. The molecule has 0 aliphatic rings. The zero-order valence-corrected chi connectivity index (χ0v) is 9.25. The first kappa shape index (κ1) is 10.2. The molecule has 0 N–H and O–H groups in total. The fourth-order valence-electron chi connectivity index (χ4n) is 1.45. The maximum atomic E-state index is 8.99. The number of nitriles is 1. The molecule has 0 aliphatic carbocycles. The van der Waals surface area contributed by atoms with E-state index in [-0.39, 0.29) is 0 Å². The fraction of sp³-hybridized carbons (Fsp3) is 0.167. The van der Waals surface area contributed by atoms with Crippen molar-refractivity contribution in [2.75, 3.05) is 19.0 Å². The van der Waals surface area contributed by atoms with Crippen LogP contribution in [0.1, 0.15) is 5.56 Å². The second-order valence-corrected chi connectivity index (χ2v) is 3.64. The standard InChI is InChI=1S/C12H12N4/c1-15(2)12-7-8-16(14-12)11-6-4-3-5-10(11)9-13/h3-8H,1-2H3. The van der Waals surface area contributed by atoms with Crippen molar-refractivity contribution in [3.05, 3.63) is 42.1 Å². The lowest BCUT2D eigenvalue weighted by atomic mass is 10.2. The van der Waals surface area contributed by atoms with E-state index in [1.165, 1.54) is 0 Å². The van der Waals surface area contributed by atoms with Gasteiger partial charge in [-0.25, -0.2) is 4.68 Å². The molecule has 80 valence electrons. The van der Waals surface area contributed by atoms with Crippen LogP contribution in [0, 0.1) is 11.3 Å². The van der Waals surface area contributed by atoms with Crippen molar-refractivity contribution in [3.8, 4) is 11.8 Å². The molecule has 1 heterocycles. The van der Waals surface area contributed by atoms with Crippen LogP contribution in [-0.2, 0) is 0 Å². The highest BCUT2D eigenvalue weighted by Crippen LogP contribution is 2.15. The van der Waals surface area contributed by atoms with Gasteiger partial charge in [-0.15, -0.1) is 0 Å². The van der Waals surface area contributed by atoms with Gasteiger partial charge in [0.2, 0.25) is 0 Å². The summed E-state index contributed by atoms with van der Waals surface area (Å²) in [6.07, 6.45) is 1.85. The summed E-state index contributed by atoms with van der Waals surface area (Å²) in [6, 6.07) is 11.5. The van der Waals surface area contributed by atoms with Crippen molar-refractivity contribution >= 4 is 5.82 Å². The average Bonchev–Trinajstić information content (AvgIpc) is 2.78. The quantitative estimate of drug-likeness (QED) is 0.762. The van der Waals surface area contributed by atoms with Crippen LogP contribution in [0.3, 0.4) is 0 Å². The molecule has 4 heteroatoms. The van der Waals surface area contributed by atoms with E-state index in [1.807, 2.05) is 49.5 Å². The van der Waals surface area contributed by atoms with E-state index in [0.717, 1.165) is 11.5 Å². The third-order valence-electron chi connectivity index (χ3n) is 2.30. The van der Waals surface area contributed by atoms with Crippen LogP contribution in [0.25, 0.3) is 5.69 Å². The highest BCUT2D eigenvalue weighted by Gasteiger charge is 2.06. The number of rotatable bonds is 2. The highest BCUT2D eigenvalue weighted by molar-refractivity contribution is 5.49. The Hall–Kier alpha value is -2.28. The number of hydrogen-bond donors (Lipinski definition) is 0. The van der Waals surface area contributed by atoms with Crippen LogP contribution < -0.4 is 4.90 Å². The SMILES string of the molecule is CN(C)c1ccn(-c2ccccc2C#N)n1. The summed E-state index contributed by atoms with van der Waals surface area (Å²) in [4.78, 5) is 1.92. The van der Waals surface area contributed by atoms with Gasteiger partial charge < -0.3 is 4.90 Å². The second-order valence-electron chi connectivity index (χ2n) is 3.64. The normalized spacial score (nSPS) is 9.81. The molecule has 2 rings (SSSR count). The van der Waals surface area contributed by atoms with E-state index < -0.39 is 0 Å². The van der Waals surface area contributed by atoms with Gasteiger partial charge in [0.1, 0.15) is 11.9 Å². The molecule has 0 saturated heterocycles. The lowest BCUT2D eigenvalue weighted by molar-refractivity contribution is 0.863. The minimum Gasteiger partial charge on any atom is -0.361 e. The van der Waals surface area contributed by atoms with Gasteiger partial charge in [0.05, 0.1) is 11.3 Å². The summed E-state index contributed by atoms with van der Waals surface area (Å²) in [6.45, 7) is 0. The molecule has 0 amide bonds. The summed E-state index contributed by atoms with van der Waals surface area (Å²) >= 11 is 0. The van der Waals surface area contributed by atoms with E-state index in [9.17, 15) is 0 Å². The van der Waals surface area contributed by atoms with Gasteiger partial charge >= 0.3 is 0 Å². The predicted molar refractivity (Wildman–Crippen MR) is 62.6 cm³/mol. The Balaban J connectivity index is 2.47. The van der Waals surface area contributed by atoms with Gasteiger partial charge in [-0.3, -0.25) is 0 Å². The number of anilines is 1. The molecule has 0 radical (unpaired) electrons. The van der Waals surface area contributed by atoms with Crippen LogP contribution in [-0.4, -0.2) is 23.9 Å². The molecule has 0 bridgehead atoms. The molecule has 16 heavy (non-hydrogen) atoms. The Bertz CT molecular complexity index is 534. The van der Waals surface area contributed by atoms with Crippen molar-refractivity contribution < 1.29 is 0 Å². The summed E-state index contributed by atoms with van der Waals surface area (Å²) in [5.41, 5.74) is 1.43. The first-order valence-electron chi connectivity index (χ1n) is 4.95. The zero-order valence-electron chi connectivity index (χ0n) is 9.25. The lowest BCUT2D eigenvalue weighted by Gasteiger charge is -2.07. The summed E-state index contributed by atoms with van der Waals surface area (Å²) in [5, 5.41) is 13.4. The van der Waals surface area contributed by atoms with Crippen LogP contribution in [0.2, 0.25) is 0 Å². The first-order valence-corrected chi connectivity index (χ1v) is 4.95. The maximum absolute atomic E-state index is 8.99. The molecule has 0 fully saturated rings. The topological polar surface area (TPSA) is 44.9 Å². The maximum Gasteiger partial charge on any atom is 0.150 e. The van der Waals surface area contributed by atoms with E-state index in [2.05, 4.69) is 11.2 Å². The molecule has 2 aromatic rings. The summed E-state index contributed by atoms with van der Waals surface area (Å²) in [7, 11) is 3.87. The summed E-state index contributed by atoms with van der Waals surface area (Å²) in [5.74, 6) is 0.868. The molecule has 0 unspecified atom stereocenters. The van der Waals surface area contributed by atoms with E-state index >= 15 is 0 Å². The highest BCUT2D eigenvalue weighted by atomic mass is 15.3. The van der Waals surface area contributed by atoms with Crippen LogP contribution in [0.15, 0.2) is 36.5 Å². The molecule has 1 aromatic carbocycles. The number of hydrogen-bond acceptors (Lipinski definition) is 3. The van der Waals surface area contributed by atoms with Gasteiger partial charge in [-0.05, 0) is 12.1 Å². The zero-order chi connectivity index (χ0) is 11.5. The van der Waals surface area contributed by atoms with Crippen molar-refractivity contribution in [3.63, 3.8) is 0 Å². The average molecular weight is 212 g/mol. The van der Waals surface area contributed by atoms with Crippen molar-refractivity contribution in [1.82, 2.24) is 9.78 Å². The van der Waals surface area contributed by atoms with E-state index in [4.69, 9.17) is 5.26 Å². The van der Waals surface area contributed by atoms with Gasteiger partial charge in [-0.1, -0.05) is 12.1 Å². The van der Waals surface area contributed by atoms with Crippen molar-refractivity contribution in [1.29, 1.82) is 5.26 Å². The number of para-hydroxylation sites is 1. The van der Waals surface area contributed by atoms with E-state index in [0.29, 0.717) is 5.56 Å². The number of benzene rings is 1. The third-order valence-corrected chi connectivity index (χ3v) is 2.30. The number of nitrogens with zero attached hydrogens (tertiary/aromatic N) is 4. The third kappa shape index (κ3) is 1.75. The van der Waals surface area contributed by atoms with Crippen molar-refractivity contribution in [2.24, 2.45) is 0 Å². The minimum atomic E-state index is 0.621. The van der Waals surface area contributed by atoms with Crippen LogP contribution in [0.4, 0.5) is 5.82 Å². The van der Waals surface area contributed by atoms with Crippen molar-refractivity contribution in [2.45, 2.75) is 0 Å². The van der Waals surface area contributed by atoms with Gasteiger partial charge in [0, 0.05) is 26.4 Å². The first-order chi connectivity index (χ1) is 7.72. The molecule has 4 nitrogen and oxygen atoms in total. The lowest BCUT2D eigenvalue weighted by Crippen LogP contribution is -2.10. The van der Waals surface area contributed by atoms with Gasteiger partial charge in [0.25, 0.3) is 0 Å². The van der Waals surface area contributed by atoms with Gasteiger partial charge in [-0.2, -0.15) is 10.4 Å². The Labute approximate surface area is 94.3 Å². The molecule has 0 saturated carbocycles. The smallest absolute Gasteiger partial charge is 0.150 e. The van der Waals surface area contributed by atoms with Crippen LogP contribution in [0.5, 0.6) is 0 Å². The molecular weight excluding hydrogens is 200 g/mol. The van der Waals surface area contributed by atoms with Gasteiger partial charge in [0.15, 0.2) is 0 Å². The Morgan fingerprint density at radius 2 is 2.00 bits per heavy atom. The predicted octanol–water partition coefficient (Wildman–Crippen LogP) is 1.81. The molecular formula is C12H12N4. The Morgan fingerprint density at radius 1 is 1.25 bits per heavy atom. The largest absolute Gasteiger partial charge is 0.361 e.